The summed E-state index contributed by atoms with van der Waals surface area (Å²) in [6.07, 6.45) is 0. The van der Waals surface area contributed by atoms with Crippen LogP contribution in [0.25, 0.3) is 0 Å². The van der Waals surface area contributed by atoms with E-state index in [0.717, 1.165) is 4.47 Å². The maximum atomic E-state index is 12.6. The van der Waals surface area contributed by atoms with E-state index in [1.54, 1.807) is 54.6 Å². The lowest BCUT2D eigenvalue weighted by molar-refractivity contribution is 0.102. The van der Waals surface area contributed by atoms with Crippen LogP contribution in [-0.2, 0) is 10.0 Å². The van der Waals surface area contributed by atoms with Crippen LogP contribution in [0, 0.1) is 0 Å². The molecule has 0 fully saturated rings. The second kappa shape index (κ2) is 9.11. The van der Waals surface area contributed by atoms with Crippen molar-refractivity contribution in [2.75, 3.05) is 16.6 Å². The van der Waals surface area contributed by atoms with Gasteiger partial charge in [0.2, 0.25) is 0 Å². The maximum Gasteiger partial charge on any atom is 0.261 e. The lowest BCUT2D eigenvalue weighted by Crippen LogP contribution is -2.14. The largest absolute Gasteiger partial charge is 0.494 e. The van der Waals surface area contributed by atoms with Gasteiger partial charge in [0.1, 0.15) is 5.75 Å². The van der Waals surface area contributed by atoms with E-state index in [1.165, 1.54) is 12.1 Å². The standard InChI is InChI=1S/C21H19BrN2O4S/c1-2-28-19-10-6-18(7-11-19)24-29(26,27)20-12-8-17(9-13-20)23-21(25)15-4-3-5-16(22)14-15/h3-14,24H,2H2,1H3,(H,23,25). The van der Waals surface area contributed by atoms with Crippen molar-refractivity contribution in [2.24, 2.45) is 0 Å². The number of hydrogen-bond acceptors (Lipinski definition) is 4. The van der Waals surface area contributed by atoms with Crippen molar-refractivity contribution in [3.63, 3.8) is 0 Å². The van der Waals surface area contributed by atoms with Crippen molar-refractivity contribution in [2.45, 2.75) is 11.8 Å². The molecule has 2 N–H and O–H groups in total. The third-order valence-electron chi connectivity index (χ3n) is 3.93. The Balaban J connectivity index is 1.69. The number of amides is 1. The predicted molar refractivity (Wildman–Crippen MR) is 117 cm³/mol. The van der Waals surface area contributed by atoms with Gasteiger partial charge in [-0.3, -0.25) is 9.52 Å². The van der Waals surface area contributed by atoms with Gasteiger partial charge in [-0.05, 0) is 73.7 Å². The monoisotopic (exact) mass is 474 g/mol. The number of carbonyl (C=O) groups is 1. The molecule has 0 unspecified atom stereocenters. The van der Waals surface area contributed by atoms with Crippen molar-refractivity contribution in [1.82, 2.24) is 0 Å². The summed E-state index contributed by atoms with van der Waals surface area (Å²) >= 11 is 3.33. The highest BCUT2D eigenvalue weighted by molar-refractivity contribution is 9.10. The Labute approximate surface area is 178 Å². The van der Waals surface area contributed by atoms with Gasteiger partial charge in [-0.2, -0.15) is 0 Å². The molecule has 29 heavy (non-hydrogen) atoms. The van der Waals surface area contributed by atoms with E-state index in [0.29, 0.717) is 29.3 Å². The van der Waals surface area contributed by atoms with Crippen molar-refractivity contribution in [3.8, 4) is 5.75 Å². The normalized spacial score (nSPS) is 11.0. The van der Waals surface area contributed by atoms with Gasteiger partial charge in [-0.1, -0.05) is 22.0 Å². The lowest BCUT2D eigenvalue weighted by Gasteiger charge is -2.10. The Hall–Kier alpha value is -2.84. The molecule has 8 heteroatoms. The van der Waals surface area contributed by atoms with Gasteiger partial charge >= 0.3 is 0 Å². The molecule has 0 heterocycles. The van der Waals surface area contributed by atoms with Crippen LogP contribution in [0.2, 0.25) is 0 Å². The second-order valence-electron chi connectivity index (χ2n) is 6.05. The molecule has 150 valence electrons. The molecule has 0 aliphatic carbocycles. The van der Waals surface area contributed by atoms with Crippen LogP contribution in [0.1, 0.15) is 17.3 Å². The molecule has 0 atom stereocenters. The summed E-state index contributed by atoms with van der Waals surface area (Å²) in [5.74, 6) is 0.385. The van der Waals surface area contributed by atoms with E-state index >= 15 is 0 Å². The third-order valence-corrected chi connectivity index (χ3v) is 5.82. The molecular formula is C21H19BrN2O4S. The zero-order valence-electron chi connectivity index (χ0n) is 15.6. The van der Waals surface area contributed by atoms with E-state index in [1.807, 2.05) is 13.0 Å². The highest BCUT2D eigenvalue weighted by Crippen LogP contribution is 2.21. The topological polar surface area (TPSA) is 84.5 Å². The number of halogens is 1. The summed E-state index contributed by atoms with van der Waals surface area (Å²) in [5, 5.41) is 2.74. The Morgan fingerprint density at radius 3 is 2.24 bits per heavy atom. The third kappa shape index (κ3) is 5.58. The SMILES string of the molecule is CCOc1ccc(NS(=O)(=O)c2ccc(NC(=O)c3cccc(Br)c3)cc2)cc1. The first kappa shape index (κ1) is 20.9. The molecular weight excluding hydrogens is 456 g/mol. The van der Waals surface area contributed by atoms with Crippen LogP contribution >= 0.6 is 15.9 Å². The summed E-state index contributed by atoms with van der Waals surface area (Å²) in [7, 11) is -3.75. The first-order valence-corrected chi connectivity index (χ1v) is 11.1. The van der Waals surface area contributed by atoms with Crippen molar-refractivity contribution >= 4 is 43.2 Å². The van der Waals surface area contributed by atoms with Gasteiger partial charge in [-0.25, -0.2) is 8.42 Å². The molecule has 0 bridgehead atoms. The average molecular weight is 475 g/mol. The van der Waals surface area contributed by atoms with Crippen LogP contribution in [0.15, 0.2) is 82.2 Å². The number of rotatable bonds is 7. The number of carbonyl (C=O) groups excluding carboxylic acids is 1. The average Bonchev–Trinajstić information content (AvgIpc) is 2.70. The minimum absolute atomic E-state index is 0.0897. The fourth-order valence-corrected chi connectivity index (χ4v) is 4.01. The Morgan fingerprint density at radius 1 is 0.966 bits per heavy atom. The summed E-state index contributed by atoms with van der Waals surface area (Å²) in [6.45, 7) is 2.41. The quantitative estimate of drug-likeness (QED) is 0.509. The van der Waals surface area contributed by atoms with E-state index in [2.05, 4.69) is 26.0 Å². The van der Waals surface area contributed by atoms with Gasteiger partial charge < -0.3 is 10.1 Å². The van der Waals surface area contributed by atoms with Gasteiger partial charge in [0, 0.05) is 21.4 Å². The molecule has 0 spiro atoms. The summed E-state index contributed by atoms with van der Waals surface area (Å²) < 4.78 is 33.8. The molecule has 3 aromatic carbocycles. The molecule has 0 saturated carbocycles. The van der Waals surface area contributed by atoms with E-state index < -0.39 is 10.0 Å². The minimum atomic E-state index is -3.75. The molecule has 3 aromatic rings. The first-order valence-electron chi connectivity index (χ1n) is 8.80. The summed E-state index contributed by atoms with van der Waals surface area (Å²) in [5.41, 5.74) is 1.42. The Kier molecular flexibility index (Phi) is 6.56. The fraction of sp³-hybridized carbons (Fsp3) is 0.0952. The van der Waals surface area contributed by atoms with Crippen LogP contribution in [0.3, 0.4) is 0 Å². The lowest BCUT2D eigenvalue weighted by atomic mass is 10.2. The number of sulfonamides is 1. The Bertz CT molecular complexity index is 1100. The highest BCUT2D eigenvalue weighted by atomic mass is 79.9. The number of nitrogens with one attached hydrogen (secondary N) is 2. The Morgan fingerprint density at radius 2 is 1.62 bits per heavy atom. The number of benzene rings is 3. The number of ether oxygens (including phenoxy) is 1. The molecule has 6 nitrogen and oxygen atoms in total. The van der Waals surface area contributed by atoms with Crippen LogP contribution in [0.4, 0.5) is 11.4 Å². The number of hydrogen-bond donors (Lipinski definition) is 2. The van der Waals surface area contributed by atoms with Crippen molar-refractivity contribution in [1.29, 1.82) is 0 Å². The summed E-state index contributed by atoms with van der Waals surface area (Å²) in [6, 6.07) is 19.6. The zero-order chi connectivity index (χ0) is 20.9. The minimum Gasteiger partial charge on any atom is -0.494 e. The first-order chi connectivity index (χ1) is 13.9. The van der Waals surface area contributed by atoms with Gasteiger partial charge in [0.15, 0.2) is 0 Å². The van der Waals surface area contributed by atoms with Crippen LogP contribution in [0.5, 0.6) is 5.75 Å². The summed E-state index contributed by atoms with van der Waals surface area (Å²) in [4.78, 5) is 12.4. The highest BCUT2D eigenvalue weighted by Gasteiger charge is 2.15. The van der Waals surface area contributed by atoms with E-state index in [4.69, 9.17) is 4.74 Å². The molecule has 3 rings (SSSR count). The van der Waals surface area contributed by atoms with Crippen molar-refractivity contribution in [3.05, 3.63) is 82.8 Å². The molecule has 0 aliphatic rings. The maximum absolute atomic E-state index is 12.6. The van der Waals surface area contributed by atoms with Gasteiger partial charge in [0.25, 0.3) is 15.9 Å². The van der Waals surface area contributed by atoms with Crippen molar-refractivity contribution < 1.29 is 17.9 Å². The zero-order valence-corrected chi connectivity index (χ0v) is 18.0. The fourth-order valence-electron chi connectivity index (χ4n) is 2.55. The van der Waals surface area contributed by atoms with E-state index in [9.17, 15) is 13.2 Å². The van der Waals surface area contributed by atoms with Gasteiger partial charge in [0.05, 0.1) is 11.5 Å². The van der Waals surface area contributed by atoms with Crippen LogP contribution in [-0.4, -0.2) is 20.9 Å². The predicted octanol–water partition coefficient (Wildman–Crippen LogP) is 4.90. The molecule has 0 radical (unpaired) electrons. The van der Waals surface area contributed by atoms with E-state index in [-0.39, 0.29) is 10.8 Å². The smallest absolute Gasteiger partial charge is 0.261 e. The second-order valence-corrected chi connectivity index (χ2v) is 8.65. The van der Waals surface area contributed by atoms with Crippen LogP contribution < -0.4 is 14.8 Å². The molecule has 0 aromatic heterocycles. The molecule has 0 saturated heterocycles. The van der Waals surface area contributed by atoms with Gasteiger partial charge in [-0.15, -0.1) is 0 Å². The number of anilines is 2. The molecule has 1 amide bonds. The molecule has 0 aliphatic heterocycles.